The highest BCUT2D eigenvalue weighted by Gasteiger charge is 1.88. The van der Waals surface area contributed by atoms with Crippen molar-refractivity contribution in [1.29, 1.82) is 0 Å². The lowest BCUT2D eigenvalue weighted by atomic mass is 9.99. The Bertz CT molecular complexity index is 84.6. The normalized spacial score (nSPS) is 12.0. The molecule has 0 aromatic rings. The van der Waals surface area contributed by atoms with Crippen LogP contribution in [-0.2, 0) is 0 Å². The first-order chi connectivity index (χ1) is 4.35. The molecule has 0 aliphatic carbocycles. The van der Waals surface area contributed by atoms with Gasteiger partial charge in [0.2, 0.25) is 0 Å². The molecule has 0 unspecified atom stereocenters. The van der Waals surface area contributed by atoms with Crippen molar-refractivity contribution in [3.05, 3.63) is 11.6 Å². The lowest BCUT2D eigenvalue weighted by molar-refractivity contribution is 0.856. The maximum Gasteiger partial charge on any atom is 0.0708 e. The minimum atomic E-state index is 0.698. The lowest BCUT2D eigenvalue weighted by Crippen LogP contribution is -1.79. The largest absolute Gasteiger partial charge is 0.0939 e. The van der Waals surface area contributed by atoms with Crippen molar-refractivity contribution in [2.24, 2.45) is 0 Å². The second-order valence-corrected chi connectivity index (χ2v) is 2.20. The summed E-state index contributed by atoms with van der Waals surface area (Å²) in [5, 5.41) is 0. The van der Waals surface area contributed by atoms with Gasteiger partial charge in [-0.2, -0.15) is 0 Å². The second-order valence-electron chi connectivity index (χ2n) is 2.20. The van der Waals surface area contributed by atoms with E-state index in [2.05, 4.69) is 19.9 Å². The molecule has 1 heteroatoms. The quantitative estimate of drug-likeness (QED) is 0.397. The summed E-state index contributed by atoms with van der Waals surface area (Å²) in [6.07, 6.45) is 6.44. The van der Waals surface area contributed by atoms with Crippen LogP contribution in [-0.4, -0.2) is 7.85 Å². The van der Waals surface area contributed by atoms with Gasteiger partial charge in [-0.1, -0.05) is 38.2 Å². The SMILES string of the molecule is [B]C/C=C(\CC)CCC. The fraction of sp³-hybridized carbons (Fsp3) is 0.750. The number of rotatable bonds is 4. The first kappa shape index (κ1) is 8.80. The van der Waals surface area contributed by atoms with E-state index in [1.165, 1.54) is 18.4 Å². The first-order valence-electron chi connectivity index (χ1n) is 3.73. The molecule has 50 valence electrons. The summed E-state index contributed by atoms with van der Waals surface area (Å²) in [5.74, 6) is 0. The van der Waals surface area contributed by atoms with Gasteiger partial charge in [0.15, 0.2) is 0 Å². The molecule has 0 heterocycles. The molecule has 0 N–H and O–H groups in total. The van der Waals surface area contributed by atoms with Crippen molar-refractivity contribution >= 4 is 7.85 Å². The van der Waals surface area contributed by atoms with Gasteiger partial charge in [0.25, 0.3) is 0 Å². The molecule has 2 radical (unpaired) electrons. The predicted molar refractivity (Wildman–Crippen MR) is 43.8 cm³/mol. The Morgan fingerprint density at radius 1 is 1.44 bits per heavy atom. The Labute approximate surface area is 59.8 Å². The van der Waals surface area contributed by atoms with Crippen LogP contribution < -0.4 is 0 Å². The first-order valence-corrected chi connectivity index (χ1v) is 3.73. The van der Waals surface area contributed by atoms with E-state index in [0.29, 0.717) is 6.32 Å². The molecule has 0 amide bonds. The fourth-order valence-corrected chi connectivity index (χ4v) is 0.911. The van der Waals surface area contributed by atoms with Gasteiger partial charge in [-0.25, -0.2) is 0 Å². The summed E-state index contributed by atoms with van der Waals surface area (Å²) in [4.78, 5) is 0. The van der Waals surface area contributed by atoms with Crippen LogP contribution in [0.4, 0.5) is 0 Å². The van der Waals surface area contributed by atoms with E-state index in [-0.39, 0.29) is 0 Å². The van der Waals surface area contributed by atoms with Crippen molar-refractivity contribution in [3.8, 4) is 0 Å². The molecule has 0 saturated heterocycles. The van der Waals surface area contributed by atoms with Crippen LogP contribution in [0.15, 0.2) is 11.6 Å². The Hall–Kier alpha value is -0.195. The smallest absolute Gasteiger partial charge is 0.0708 e. The molecule has 9 heavy (non-hydrogen) atoms. The van der Waals surface area contributed by atoms with Gasteiger partial charge in [-0.05, 0) is 12.8 Å². The van der Waals surface area contributed by atoms with E-state index in [1.807, 2.05) is 0 Å². The standard InChI is InChI=1S/C8H15B/c1-3-5-8(4-2)6-7-9/h6H,3-5,7H2,1-2H3/b8-6+. The van der Waals surface area contributed by atoms with Crippen molar-refractivity contribution in [3.63, 3.8) is 0 Å². The van der Waals surface area contributed by atoms with Crippen LogP contribution in [0.1, 0.15) is 33.1 Å². The van der Waals surface area contributed by atoms with Crippen LogP contribution in [0, 0.1) is 0 Å². The summed E-state index contributed by atoms with van der Waals surface area (Å²) in [7, 11) is 5.36. The van der Waals surface area contributed by atoms with Crippen molar-refractivity contribution in [2.45, 2.75) is 39.4 Å². The highest BCUT2D eigenvalue weighted by atomic mass is 13.9. The van der Waals surface area contributed by atoms with Crippen LogP contribution >= 0.6 is 0 Å². The molecule has 0 aliphatic heterocycles. The molecular weight excluding hydrogens is 107 g/mol. The fourth-order valence-electron chi connectivity index (χ4n) is 0.911. The van der Waals surface area contributed by atoms with E-state index in [1.54, 1.807) is 0 Å². The third-order valence-electron chi connectivity index (χ3n) is 1.43. The lowest BCUT2D eigenvalue weighted by Gasteiger charge is -1.99. The van der Waals surface area contributed by atoms with Crippen LogP contribution in [0.2, 0.25) is 6.32 Å². The molecule has 0 nitrogen and oxygen atoms in total. The van der Waals surface area contributed by atoms with E-state index in [4.69, 9.17) is 7.85 Å². The molecule has 0 rings (SSSR count). The molecular formula is C8H15B. The maximum absolute atomic E-state index is 5.36. The van der Waals surface area contributed by atoms with Gasteiger partial charge >= 0.3 is 0 Å². The topological polar surface area (TPSA) is 0 Å². The van der Waals surface area contributed by atoms with Gasteiger partial charge in [-0.3, -0.25) is 0 Å². The number of allylic oxidation sites excluding steroid dienone is 2. The van der Waals surface area contributed by atoms with Crippen LogP contribution in [0.25, 0.3) is 0 Å². The highest BCUT2D eigenvalue weighted by molar-refractivity contribution is 6.09. The van der Waals surface area contributed by atoms with Crippen LogP contribution in [0.3, 0.4) is 0 Å². The minimum absolute atomic E-state index is 0.698. The predicted octanol–water partition coefficient (Wildman–Crippen LogP) is 2.71. The summed E-state index contributed by atoms with van der Waals surface area (Å²) in [6.45, 7) is 4.37. The zero-order valence-electron chi connectivity index (χ0n) is 6.48. The van der Waals surface area contributed by atoms with Gasteiger partial charge in [0.1, 0.15) is 0 Å². The Balaban J connectivity index is 3.53. The van der Waals surface area contributed by atoms with E-state index in [9.17, 15) is 0 Å². The van der Waals surface area contributed by atoms with Gasteiger partial charge in [0, 0.05) is 0 Å². The molecule has 0 spiro atoms. The Morgan fingerprint density at radius 3 is 2.44 bits per heavy atom. The summed E-state index contributed by atoms with van der Waals surface area (Å²) in [5.41, 5.74) is 1.50. The molecule has 0 atom stereocenters. The third-order valence-corrected chi connectivity index (χ3v) is 1.43. The van der Waals surface area contributed by atoms with Crippen molar-refractivity contribution in [2.75, 3.05) is 0 Å². The van der Waals surface area contributed by atoms with E-state index < -0.39 is 0 Å². The second kappa shape index (κ2) is 5.93. The van der Waals surface area contributed by atoms with Crippen LogP contribution in [0.5, 0.6) is 0 Å². The van der Waals surface area contributed by atoms with Crippen molar-refractivity contribution in [1.82, 2.24) is 0 Å². The van der Waals surface area contributed by atoms with E-state index in [0.717, 1.165) is 6.42 Å². The van der Waals surface area contributed by atoms with Gasteiger partial charge in [0.05, 0.1) is 7.85 Å². The average Bonchev–Trinajstić information content (AvgIpc) is 1.88. The van der Waals surface area contributed by atoms with Crippen molar-refractivity contribution < 1.29 is 0 Å². The van der Waals surface area contributed by atoms with E-state index >= 15 is 0 Å². The zero-order valence-corrected chi connectivity index (χ0v) is 6.48. The van der Waals surface area contributed by atoms with Gasteiger partial charge in [-0.15, -0.1) is 0 Å². The van der Waals surface area contributed by atoms with Gasteiger partial charge < -0.3 is 0 Å². The molecule has 0 fully saturated rings. The third kappa shape index (κ3) is 4.32. The average molecular weight is 122 g/mol. The highest BCUT2D eigenvalue weighted by Crippen LogP contribution is 2.08. The minimum Gasteiger partial charge on any atom is -0.0939 e. The number of hydrogen-bond acceptors (Lipinski definition) is 0. The summed E-state index contributed by atoms with van der Waals surface area (Å²) < 4.78 is 0. The Kier molecular flexibility index (Phi) is 5.80. The molecule has 0 bridgehead atoms. The molecule has 0 aromatic carbocycles. The number of hydrogen-bond donors (Lipinski definition) is 0. The molecule has 0 aromatic heterocycles. The maximum atomic E-state index is 5.36. The zero-order chi connectivity index (χ0) is 7.11. The Morgan fingerprint density at radius 2 is 2.11 bits per heavy atom. The summed E-state index contributed by atoms with van der Waals surface area (Å²) >= 11 is 0. The summed E-state index contributed by atoms with van der Waals surface area (Å²) in [6, 6.07) is 0. The molecule has 0 saturated carbocycles. The molecule has 0 aliphatic rings. The monoisotopic (exact) mass is 122 g/mol.